The molecule has 30 heavy (non-hydrogen) atoms. The molecule has 0 saturated carbocycles. The first-order chi connectivity index (χ1) is 14.6. The summed E-state index contributed by atoms with van der Waals surface area (Å²) < 4.78 is 10.6. The molecule has 3 N–H and O–H groups in total. The molecule has 1 fully saturated rings. The van der Waals surface area contributed by atoms with Crippen LogP contribution in [0.4, 0.5) is 17.5 Å². The summed E-state index contributed by atoms with van der Waals surface area (Å²) >= 11 is 0. The minimum Gasteiger partial charge on any atom is -0.454 e. The van der Waals surface area contributed by atoms with Gasteiger partial charge in [0.2, 0.25) is 24.6 Å². The number of aromatic nitrogens is 2. The van der Waals surface area contributed by atoms with Gasteiger partial charge in [-0.2, -0.15) is 4.98 Å². The van der Waals surface area contributed by atoms with Crippen LogP contribution < -0.4 is 30.6 Å². The third-order valence-corrected chi connectivity index (χ3v) is 5.55. The third kappa shape index (κ3) is 3.34. The van der Waals surface area contributed by atoms with E-state index in [9.17, 15) is 14.4 Å². The molecule has 10 nitrogen and oxygen atoms in total. The number of rotatable bonds is 3. The van der Waals surface area contributed by atoms with Crippen molar-refractivity contribution in [1.82, 2.24) is 9.97 Å². The highest BCUT2D eigenvalue weighted by Crippen LogP contribution is 2.35. The molecule has 1 aromatic carbocycles. The van der Waals surface area contributed by atoms with Crippen molar-refractivity contribution in [3.8, 4) is 11.5 Å². The topological polar surface area (TPSA) is 126 Å². The molecule has 3 aliphatic rings. The van der Waals surface area contributed by atoms with Crippen LogP contribution in [0.2, 0.25) is 0 Å². The lowest BCUT2D eigenvalue weighted by molar-refractivity contribution is -0.123. The van der Waals surface area contributed by atoms with E-state index in [0.717, 1.165) is 32.4 Å². The minimum atomic E-state index is -0.939. The summed E-state index contributed by atoms with van der Waals surface area (Å²) in [5, 5.41) is 5.41. The number of carbonyl (C=O) groups is 2. The van der Waals surface area contributed by atoms with Gasteiger partial charge in [0, 0.05) is 31.3 Å². The van der Waals surface area contributed by atoms with E-state index in [1.807, 2.05) is 4.90 Å². The maximum absolute atomic E-state index is 13.0. The Hall–Kier alpha value is -3.56. The first kappa shape index (κ1) is 18.5. The number of hydrogen-bond donors (Lipinski definition) is 3. The van der Waals surface area contributed by atoms with Crippen molar-refractivity contribution in [3.05, 3.63) is 34.1 Å². The maximum atomic E-state index is 13.0. The second kappa shape index (κ2) is 7.36. The molecular formula is C20H21N5O5. The molecule has 2 aromatic rings. The fourth-order valence-corrected chi connectivity index (χ4v) is 4.04. The zero-order valence-electron chi connectivity index (χ0n) is 16.2. The van der Waals surface area contributed by atoms with E-state index in [4.69, 9.17) is 9.47 Å². The standard InChI is InChI=1S/C20H21N5O5/c26-15-9-12(18(27)21-11-4-5-13-14(8-11)30-10-29-13)16-17(22-15)23-20(24-19(16)28)25-6-2-1-3-7-25/h4-5,8,12H,1-3,6-7,9-10H2,(H,21,27)(H2,22,23,24,26,28). The van der Waals surface area contributed by atoms with Gasteiger partial charge in [-0.05, 0) is 31.4 Å². The molecule has 156 valence electrons. The fraction of sp³-hybridized carbons (Fsp3) is 0.400. The first-order valence-electron chi connectivity index (χ1n) is 9.98. The first-order valence-corrected chi connectivity index (χ1v) is 9.98. The van der Waals surface area contributed by atoms with Gasteiger partial charge in [0.1, 0.15) is 5.82 Å². The summed E-state index contributed by atoms with van der Waals surface area (Å²) in [7, 11) is 0. The molecular weight excluding hydrogens is 390 g/mol. The van der Waals surface area contributed by atoms with Crippen molar-refractivity contribution in [2.75, 3.05) is 35.4 Å². The van der Waals surface area contributed by atoms with Crippen LogP contribution >= 0.6 is 0 Å². The third-order valence-electron chi connectivity index (χ3n) is 5.55. The molecule has 1 unspecified atom stereocenters. The number of H-pyrrole nitrogens is 1. The number of hydrogen-bond acceptors (Lipinski definition) is 7. The molecule has 4 heterocycles. The molecule has 3 aliphatic heterocycles. The van der Waals surface area contributed by atoms with E-state index in [2.05, 4.69) is 20.6 Å². The lowest BCUT2D eigenvalue weighted by Crippen LogP contribution is -2.38. The van der Waals surface area contributed by atoms with Crippen LogP contribution in [0.25, 0.3) is 0 Å². The summed E-state index contributed by atoms with van der Waals surface area (Å²) in [5.41, 5.74) is 0.256. The number of nitrogens with one attached hydrogen (secondary N) is 3. The Morgan fingerprint density at radius 3 is 2.77 bits per heavy atom. The molecule has 0 spiro atoms. The van der Waals surface area contributed by atoms with Crippen LogP contribution in [0.15, 0.2) is 23.0 Å². The van der Waals surface area contributed by atoms with E-state index >= 15 is 0 Å². The summed E-state index contributed by atoms with van der Waals surface area (Å²) in [6.07, 6.45) is 3.06. The predicted molar refractivity (Wildman–Crippen MR) is 108 cm³/mol. The van der Waals surface area contributed by atoms with Crippen LogP contribution in [0, 0.1) is 0 Å². The van der Waals surface area contributed by atoms with Crippen LogP contribution in [0.1, 0.15) is 37.2 Å². The molecule has 10 heteroatoms. The number of aromatic amines is 1. The van der Waals surface area contributed by atoms with Crippen molar-refractivity contribution >= 4 is 29.3 Å². The van der Waals surface area contributed by atoms with Crippen molar-refractivity contribution in [2.24, 2.45) is 0 Å². The van der Waals surface area contributed by atoms with Crippen LogP contribution in [-0.4, -0.2) is 41.7 Å². The van der Waals surface area contributed by atoms with Gasteiger partial charge in [0.05, 0.1) is 11.5 Å². The Balaban J connectivity index is 1.43. The summed E-state index contributed by atoms with van der Waals surface area (Å²) in [6.45, 7) is 1.72. The molecule has 1 atom stereocenters. The van der Waals surface area contributed by atoms with Gasteiger partial charge in [-0.1, -0.05) is 0 Å². The predicted octanol–water partition coefficient (Wildman–Crippen LogP) is 1.55. The molecule has 0 radical (unpaired) electrons. The lowest BCUT2D eigenvalue weighted by Gasteiger charge is -2.29. The van der Waals surface area contributed by atoms with E-state index in [1.54, 1.807) is 18.2 Å². The van der Waals surface area contributed by atoms with Crippen molar-refractivity contribution in [1.29, 1.82) is 0 Å². The Kier molecular flexibility index (Phi) is 4.53. The zero-order valence-corrected chi connectivity index (χ0v) is 16.2. The van der Waals surface area contributed by atoms with Gasteiger partial charge < -0.3 is 25.0 Å². The molecule has 1 aromatic heterocycles. The second-order valence-corrected chi connectivity index (χ2v) is 7.56. The normalized spacial score (nSPS) is 19.8. The highest BCUT2D eigenvalue weighted by atomic mass is 16.7. The minimum absolute atomic E-state index is 0.128. The molecule has 0 bridgehead atoms. The zero-order chi connectivity index (χ0) is 20.7. The van der Waals surface area contributed by atoms with Crippen molar-refractivity contribution in [2.45, 2.75) is 31.6 Å². The SMILES string of the molecule is O=C1CC(C(=O)Nc2ccc3c(c2)OCO3)c2c(nc(N3CCCCC3)[nH]c2=O)N1. The van der Waals surface area contributed by atoms with Gasteiger partial charge in [0.15, 0.2) is 11.5 Å². The monoisotopic (exact) mass is 411 g/mol. The number of fused-ring (bicyclic) bond motifs is 2. The number of nitrogens with zero attached hydrogens (tertiary/aromatic N) is 2. The number of ether oxygens (including phenoxy) is 2. The summed E-state index contributed by atoms with van der Waals surface area (Å²) in [5.74, 6) is -0.0385. The van der Waals surface area contributed by atoms with E-state index in [-0.39, 0.29) is 30.5 Å². The second-order valence-electron chi connectivity index (χ2n) is 7.56. The van der Waals surface area contributed by atoms with Gasteiger partial charge in [-0.3, -0.25) is 19.4 Å². The summed E-state index contributed by atoms with van der Waals surface area (Å²) in [6, 6.07) is 5.02. The number of carbonyl (C=O) groups excluding carboxylic acids is 2. The van der Waals surface area contributed by atoms with E-state index < -0.39 is 17.4 Å². The van der Waals surface area contributed by atoms with Crippen LogP contribution in [0.5, 0.6) is 11.5 Å². The van der Waals surface area contributed by atoms with Crippen molar-refractivity contribution in [3.63, 3.8) is 0 Å². The van der Waals surface area contributed by atoms with E-state index in [0.29, 0.717) is 23.1 Å². The Labute approximate surface area is 171 Å². The molecule has 5 rings (SSSR count). The molecule has 0 aliphatic carbocycles. The van der Waals surface area contributed by atoms with Gasteiger partial charge >= 0.3 is 0 Å². The highest BCUT2D eigenvalue weighted by Gasteiger charge is 2.35. The smallest absolute Gasteiger partial charge is 0.258 e. The average Bonchev–Trinajstić information content (AvgIpc) is 3.21. The fourth-order valence-electron chi connectivity index (χ4n) is 4.04. The average molecular weight is 411 g/mol. The maximum Gasteiger partial charge on any atom is 0.258 e. The highest BCUT2D eigenvalue weighted by molar-refractivity contribution is 6.04. The largest absolute Gasteiger partial charge is 0.454 e. The Morgan fingerprint density at radius 1 is 1.13 bits per heavy atom. The molecule has 1 saturated heterocycles. The lowest BCUT2D eigenvalue weighted by atomic mass is 9.92. The Bertz CT molecular complexity index is 1080. The van der Waals surface area contributed by atoms with Crippen molar-refractivity contribution < 1.29 is 19.1 Å². The van der Waals surface area contributed by atoms with Crippen LogP contribution in [-0.2, 0) is 9.59 Å². The number of piperidine rings is 1. The molecule has 2 amide bonds. The van der Waals surface area contributed by atoms with Gasteiger partial charge in [-0.25, -0.2) is 0 Å². The van der Waals surface area contributed by atoms with Gasteiger partial charge in [-0.15, -0.1) is 0 Å². The van der Waals surface area contributed by atoms with E-state index in [1.165, 1.54) is 0 Å². The number of amides is 2. The Morgan fingerprint density at radius 2 is 1.93 bits per heavy atom. The van der Waals surface area contributed by atoms with Crippen LogP contribution in [0.3, 0.4) is 0 Å². The number of benzene rings is 1. The quantitative estimate of drug-likeness (QED) is 0.700. The van der Waals surface area contributed by atoms with Gasteiger partial charge in [0.25, 0.3) is 5.56 Å². The summed E-state index contributed by atoms with van der Waals surface area (Å²) in [4.78, 5) is 47.3. The number of anilines is 3.